The first-order valence-electron chi connectivity index (χ1n) is 11.2. The van der Waals surface area contributed by atoms with Gasteiger partial charge in [0.05, 0.1) is 11.9 Å². The minimum Gasteiger partial charge on any atom is -0.369 e. The molecule has 0 saturated heterocycles. The topological polar surface area (TPSA) is 115 Å². The minimum absolute atomic E-state index is 0.0451. The minimum atomic E-state index is -0.529. The highest BCUT2D eigenvalue weighted by Gasteiger charge is 2.55. The molecule has 2 aliphatic rings. The fraction of sp³-hybridized carbons (Fsp3) is 0.458. The summed E-state index contributed by atoms with van der Waals surface area (Å²) in [5.41, 5.74) is 7.66. The standard InChI is InChI=1S/C24H27FN4O3S2/c1-12(30)33-11-14-4-3-5-16(6-14)28-24-27-10-19(25)20(29-24)9-18-17-7-15(22(18)23(26)32)8-21(17)34-13(2)31/h3-6,10,15,17-18,21-22H,7-9,11H2,1-2H3,(H2,26,32)(H,27,28,29)/t15-,17-,18+,21+,22-/m0/s1. The highest BCUT2D eigenvalue weighted by Crippen LogP contribution is 2.56. The molecule has 1 amide bonds. The Morgan fingerprint density at radius 3 is 2.71 bits per heavy atom. The normalized spacial score (nSPS) is 25.3. The molecule has 34 heavy (non-hydrogen) atoms. The maximum absolute atomic E-state index is 14.7. The first-order valence-corrected chi connectivity index (χ1v) is 13.0. The van der Waals surface area contributed by atoms with Gasteiger partial charge in [-0.3, -0.25) is 14.4 Å². The van der Waals surface area contributed by atoms with E-state index in [1.54, 1.807) is 6.92 Å². The number of carbonyl (C=O) groups excluding carboxylic acids is 3. The number of benzene rings is 1. The lowest BCUT2D eigenvalue weighted by Crippen LogP contribution is -2.39. The Morgan fingerprint density at radius 2 is 2.00 bits per heavy atom. The summed E-state index contributed by atoms with van der Waals surface area (Å²) < 4.78 is 14.7. The Balaban J connectivity index is 1.52. The molecule has 7 nitrogen and oxygen atoms in total. The number of hydrogen-bond donors (Lipinski definition) is 2. The Hall–Kier alpha value is -2.46. The number of fused-ring (bicyclic) bond motifs is 2. The first kappa shape index (κ1) is 24.7. The second-order valence-electron chi connectivity index (χ2n) is 8.93. The zero-order valence-corrected chi connectivity index (χ0v) is 20.6. The number of rotatable bonds is 8. The number of thioether (sulfide) groups is 2. The predicted octanol–water partition coefficient (Wildman–Crippen LogP) is 4.09. The van der Waals surface area contributed by atoms with Gasteiger partial charge in [0.25, 0.3) is 0 Å². The van der Waals surface area contributed by atoms with Gasteiger partial charge in [-0.15, -0.1) is 0 Å². The molecule has 2 saturated carbocycles. The summed E-state index contributed by atoms with van der Waals surface area (Å²) in [4.78, 5) is 43.6. The first-order chi connectivity index (χ1) is 16.2. The van der Waals surface area contributed by atoms with Crippen molar-refractivity contribution in [1.82, 2.24) is 9.97 Å². The van der Waals surface area contributed by atoms with Crippen LogP contribution in [0.5, 0.6) is 0 Å². The van der Waals surface area contributed by atoms with Crippen LogP contribution in [-0.4, -0.2) is 31.4 Å². The number of nitrogens with one attached hydrogen (secondary N) is 1. The summed E-state index contributed by atoms with van der Waals surface area (Å²) in [6, 6.07) is 7.52. The number of nitrogens with two attached hydrogens (primary N) is 1. The van der Waals surface area contributed by atoms with E-state index in [-0.39, 0.29) is 63.1 Å². The van der Waals surface area contributed by atoms with E-state index in [1.165, 1.54) is 30.4 Å². The van der Waals surface area contributed by atoms with Crippen LogP contribution in [-0.2, 0) is 26.6 Å². The van der Waals surface area contributed by atoms with Gasteiger partial charge in [-0.1, -0.05) is 35.7 Å². The van der Waals surface area contributed by atoms with Gasteiger partial charge in [0, 0.05) is 36.5 Å². The summed E-state index contributed by atoms with van der Waals surface area (Å²) in [5.74, 6) is -0.331. The molecule has 5 atom stereocenters. The second kappa shape index (κ2) is 10.4. The smallest absolute Gasteiger partial charge is 0.227 e. The molecule has 0 unspecified atom stereocenters. The number of amides is 1. The Kier molecular flexibility index (Phi) is 7.57. The fourth-order valence-corrected chi connectivity index (χ4v) is 7.19. The Labute approximate surface area is 206 Å². The summed E-state index contributed by atoms with van der Waals surface area (Å²) in [5, 5.41) is 3.33. The number of nitrogens with zero attached hydrogens (tertiary/aromatic N) is 2. The van der Waals surface area contributed by atoms with E-state index >= 15 is 0 Å². The summed E-state index contributed by atoms with van der Waals surface area (Å²) in [6.07, 6.45) is 3.01. The molecule has 180 valence electrons. The third-order valence-electron chi connectivity index (χ3n) is 6.62. The maximum atomic E-state index is 14.7. The molecule has 1 heterocycles. The number of halogens is 1. The van der Waals surface area contributed by atoms with Crippen LogP contribution in [0, 0.1) is 29.5 Å². The third kappa shape index (κ3) is 5.60. The van der Waals surface area contributed by atoms with Crippen LogP contribution in [0.2, 0.25) is 0 Å². The van der Waals surface area contributed by atoms with E-state index in [2.05, 4.69) is 15.3 Å². The monoisotopic (exact) mass is 502 g/mol. The Bertz CT molecular complexity index is 1120. The van der Waals surface area contributed by atoms with E-state index in [0.29, 0.717) is 5.75 Å². The molecule has 10 heteroatoms. The number of primary amides is 1. The predicted molar refractivity (Wildman–Crippen MR) is 132 cm³/mol. The highest BCUT2D eigenvalue weighted by molar-refractivity contribution is 8.14. The third-order valence-corrected chi connectivity index (χ3v) is 8.68. The highest BCUT2D eigenvalue weighted by atomic mass is 32.2. The molecule has 0 radical (unpaired) electrons. The van der Waals surface area contributed by atoms with Gasteiger partial charge in [-0.2, -0.15) is 0 Å². The van der Waals surface area contributed by atoms with Crippen molar-refractivity contribution in [2.45, 2.75) is 44.1 Å². The van der Waals surface area contributed by atoms with Crippen molar-refractivity contribution in [3.05, 3.63) is 47.5 Å². The Morgan fingerprint density at radius 1 is 1.21 bits per heavy atom. The van der Waals surface area contributed by atoms with Gasteiger partial charge in [0.2, 0.25) is 11.9 Å². The number of carbonyl (C=O) groups is 3. The van der Waals surface area contributed by atoms with Gasteiger partial charge in [0.1, 0.15) is 0 Å². The van der Waals surface area contributed by atoms with E-state index in [4.69, 9.17) is 5.73 Å². The van der Waals surface area contributed by atoms with Crippen molar-refractivity contribution in [3.8, 4) is 0 Å². The molecule has 2 fully saturated rings. The maximum Gasteiger partial charge on any atom is 0.227 e. The quantitative estimate of drug-likeness (QED) is 0.555. The molecule has 0 spiro atoms. The fourth-order valence-electron chi connectivity index (χ4n) is 5.38. The number of hydrogen-bond acceptors (Lipinski definition) is 8. The van der Waals surface area contributed by atoms with Gasteiger partial charge in [-0.05, 0) is 54.7 Å². The summed E-state index contributed by atoms with van der Waals surface area (Å²) >= 11 is 2.54. The van der Waals surface area contributed by atoms with Gasteiger partial charge in [-0.25, -0.2) is 14.4 Å². The van der Waals surface area contributed by atoms with Crippen molar-refractivity contribution in [3.63, 3.8) is 0 Å². The molecule has 3 N–H and O–H groups in total. The SMILES string of the molecule is CC(=O)SCc1cccc(Nc2ncc(F)c(C[C@@H]3[C@@H]4C[C@@H](C[C@H]4SC(C)=O)[C@@H]3C(N)=O)n2)c1. The average molecular weight is 503 g/mol. The van der Waals surface area contributed by atoms with E-state index < -0.39 is 5.82 Å². The molecule has 4 rings (SSSR count). The van der Waals surface area contributed by atoms with Crippen LogP contribution in [0.25, 0.3) is 0 Å². The van der Waals surface area contributed by atoms with Crippen LogP contribution >= 0.6 is 23.5 Å². The summed E-state index contributed by atoms with van der Waals surface area (Å²) in [6.45, 7) is 3.08. The largest absolute Gasteiger partial charge is 0.369 e. The van der Waals surface area contributed by atoms with E-state index in [1.807, 2.05) is 24.3 Å². The van der Waals surface area contributed by atoms with Crippen LogP contribution in [0.3, 0.4) is 0 Å². The van der Waals surface area contributed by atoms with Crippen LogP contribution in [0.1, 0.15) is 37.9 Å². The molecule has 2 aromatic rings. The number of aromatic nitrogens is 2. The molecule has 0 aliphatic heterocycles. The van der Waals surface area contributed by atoms with Crippen molar-refractivity contribution >= 4 is 51.3 Å². The second-order valence-corrected chi connectivity index (χ2v) is 11.5. The van der Waals surface area contributed by atoms with E-state index in [0.717, 1.165) is 30.3 Å². The van der Waals surface area contributed by atoms with Crippen molar-refractivity contribution in [2.75, 3.05) is 5.32 Å². The molecular weight excluding hydrogens is 475 g/mol. The van der Waals surface area contributed by atoms with Crippen LogP contribution in [0.15, 0.2) is 30.5 Å². The van der Waals surface area contributed by atoms with E-state index in [9.17, 15) is 18.8 Å². The summed E-state index contributed by atoms with van der Waals surface area (Å²) in [7, 11) is 0. The lowest BCUT2D eigenvalue weighted by atomic mass is 9.76. The molecule has 2 bridgehead atoms. The molecular formula is C24H27FN4O3S2. The molecule has 1 aromatic carbocycles. The van der Waals surface area contributed by atoms with Crippen molar-refractivity contribution < 1.29 is 18.8 Å². The zero-order chi connectivity index (χ0) is 24.4. The van der Waals surface area contributed by atoms with Crippen molar-refractivity contribution in [2.24, 2.45) is 29.4 Å². The van der Waals surface area contributed by atoms with Gasteiger partial charge < -0.3 is 11.1 Å². The lowest BCUT2D eigenvalue weighted by molar-refractivity contribution is -0.125. The van der Waals surface area contributed by atoms with Crippen molar-refractivity contribution in [1.29, 1.82) is 0 Å². The number of anilines is 2. The molecule has 1 aromatic heterocycles. The zero-order valence-electron chi connectivity index (χ0n) is 19.0. The van der Waals surface area contributed by atoms with Gasteiger partial charge in [0.15, 0.2) is 16.0 Å². The lowest BCUT2D eigenvalue weighted by Gasteiger charge is -2.33. The average Bonchev–Trinajstić information content (AvgIpc) is 3.32. The van der Waals surface area contributed by atoms with Crippen LogP contribution < -0.4 is 11.1 Å². The molecule has 2 aliphatic carbocycles. The van der Waals surface area contributed by atoms with Crippen LogP contribution in [0.4, 0.5) is 16.0 Å². The van der Waals surface area contributed by atoms with Gasteiger partial charge >= 0.3 is 0 Å².